The maximum absolute atomic E-state index is 13.3. The van der Waals surface area contributed by atoms with Crippen LogP contribution in [0, 0.1) is 11.7 Å². The number of benzene rings is 1. The van der Waals surface area contributed by atoms with Crippen LogP contribution in [0.3, 0.4) is 0 Å². The second kappa shape index (κ2) is 8.94. The van der Waals surface area contributed by atoms with Crippen molar-refractivity contribution >= 4 is 43.3 Å². The van der Waals surface area contributed by atoms with Gasteiger partial charge in [0, 0.05) is 13.1 Å². The van der Waals surface area contributed by atoms with E-state index in [0.717, 1.165) is 12.8 Å². The first-order valence-corrected chi connectivity index (χ1v) is 10.8. The Morgan fingerprint density at radius 3 is 2.86 bits per heavy atom. The number of hydrogen-bond donors (Lipinski definition) is 4. The third-order valence-corrected chi connectivity index (χ3v) is 5.87. The minimum absolute atomic E-state index is 0.0336. The maximum atomic E-state index is 13.3. The maximum Gasteiger partial charge on any atom is 0.213 e. The van der Waals surface area contributed by atoms with Crippen LogP contribution in [0.5, 0.6) is 0 Å². The van der Waals surface area contributed by atoms with Crippen LogP contribution < -0.4 is 15.5 Å². The lowest BCUT2D eigenvalue weighted by Crippen LogP contribution is -2.31. The number of aromatic nitrogens is 2. The highest BCUT2D eigenvalue weighted by atomic mass is 79.9. The van der Waals surface area contributed by atoms with E-state index in [4.69, 9.17) is 0 Å². The van der Waals surface area contributed by atoms with Crippen LogP contribution in [0.4, 0.5) is 15.9 Å². The van der Waals surface area contributed by atoms with Crippen molar-refractivity contribution in [3.63, 3.8) is 0 Å². The number of aliphatic imine (C=N–C) groups is 1. The number of sulfonamides is 1. The van der Waals surface area contributed by atoms with E-state index in [1.165, 1.54) is 18.2 Å². The molecule has 152 valence electrons. The predicted octanol–water partition coefficient (Wildman–Crippen LogP) is 1.77. The van der Waals surface area contributed by atoms with Crippen LogP contribution >= 0.6 is 15.9 Å². The highest BCUT2D eigenvalue weighted by Crippen LogP contribution is 2.27. The quantitative estimate of drug-likeness (QED) is 0.243. The molecule has 1 aliphatic carbocycles. The Balaban J connectivity index is 1.65. The number of anilines is 1. The molecule has 0 saturated heterocycles. The lowest BCUT2D eigenvalue weighted by atomic mass is 10.3. The van der Waals surface area contributed by atoms with Gasteiger partial charge in [0.2, 0.25) is 15.8 Å². The first kappa shape index (κ1) is 20.6. The minimum atomic E-state index is -3.41. The van der Waals surface area contributed by atoms with Gasteiger partial charge in [-0.1, -0.05) is 0 Å². The van der Waals surface area contributed by atoms with Crippen molar-refractivity contribution in [3.05, 3.63) is 34.2 Å². The fraction of sp³-hybridized carbons (Fsp3) is 0.400. The van der Waals surface area contributed by atoms with Crippen molar-refractivity contribution in [2.45, 2.75) is 12.8 Å². The van der Waals surface area contributed by atoms with Crippen molar-refractivity contribution in [1.82, 2.24) is 20.5 Å². The summed E-state index contributed by atoms with van der Waals surface area (Å²) in [5.74, 6) is -0.207. The van der Waals surface area contributed by atoms with Crippen LogP contribution in [0.25, 0.3) is 0 Å². The molecule has 1 aromatic carbocycles. The average Bonchev–Trinajstić information content (AvgIpc) is 3.38. The molecule has 1 aromatic heterocycles. The van der Waals surface area contributed by atoms with Crippen molar-refractivity contribution in [1.29, 1.82) is 0 Å². The first-order valence-electron chi connectivity index (χ1n) is 8.36. The van der Waals surface area contributed by atoms with Crippen LogP contribution in [-0.4, -0.2) is 48.6 Å². The zero-order valence-electron chi connectivity index (χ0n) is 14.5. The first-order chi connectivity index (χ1) is 13.4. The molecule has 3 rings (SSSR count). The number of nitrogens with zero attached hydrogens (tertiary/aromatic N) is 3. The van der Waals surface area contributed by atoms with Crippen molar-refractivity contribution in [3.8, 4) is 0 Å². The molecule has 1 heterocycles. The predicted molar refractivity (Wildman–Crippen MR) is 103 cm³/mol. The summed E-state index contributed by atoms with van der Waals surface area (Å²) in [6.45, 7) is 0.500. The fourth-order valence-corrected chi connectivity index (χ4v) is 3.59. The number of hydroxylamine groups is 1. The Labute approximate surface area is 168 Å². The normalized spacial score (nSPS) is 14.9. The number of nitrogens with one attached hydrogen (secondary N) is 3. The Morgan fingerprint density at radius 2 is 2.18 bits per heavy atom. The Bertz CT molecular complexity index is 963. The minimum Gasteiger partial charge on any atom is -0.364 e. The Hall–Kier alpha value is -2.09. The van der Waals surface area contributed by atoms with E-state index >= 15 is 0 Å². The Kier molecular flexibility index (Phi) is 6.59. The molecule has 1 saturated carbocycles. The summed E-state index contributed by atoms with van der Waals surface area (Å²) in [4.78, 5) is 4.12. The zero-order valence-corrected chi connectivity index (χ0v) is 16.9. The third kappa shape index (κ3) is 5.70. The molecular formula is C15H18BrFN6O4S. The number of amidine groups is 1. The Morgan fingerprint density at radius 1 is 1.39 bits per heavy atom. The van der Waals surface area contributed by atoms with Gasteiger partial charge in [0.1, 0.15) is 5.82 Å². The van der Waals surface area contributed by atoms with Gasteiger partial charge >= 0.3 is 0 Å². The van der Waals surface area contributed by atoms with Gasteiger partial charge in [-0.3, -0.25) is 10.7 Å². The van der Waals surface area contributed by atoms with Gasteiger partial charge in [0.25, 0.3) is 0 Å². The van der Waals surface area contributed by atoms with E-state index in [0.29, 0.717) is 18.2 Å². The lowest BCUT2D eigenvalue weighted by molar-refractivity contribution is 0.234. The summed E-state index contributed by atoms with van der Waals surface area (Å²) in [6, 6.07) is 4.01. The second-order valence-electron chi connectivity index (χ2n) is 6.17. The van der Waals surface area contributed by atoms with Crippen molar-refractivity contribution < 1.29 is 22.6 Å². The summed E-state index contributed by atoms with van der Waals surface area (Å²) < 4.78 is 44.6. The number of halogens is 2. The van der Waals surface area contributed by atoms with Crippen LogP contribution in [0.2, 0.25) is 0 Å². The summed E-state index contributed by atoms with van der Waals surface area (Å²) in [6.07, 6.45) is 2.10. The van der Waals surface area contributed by atoms with Crippen LogP contribution in [0.1, 0.15) is 18.5 Å². The molecule has 13 heteroatoms. The molecule has 1 fully saturated rings. The summed E-state index contributed by atoms with van der Waals surface area (Å²) in [5.41, 5.74) is 2.24. The van der Waals surface area contributed by atoms with E-state index in [9.17, 15) is 18.0 Å². The molecule has 10 nitrogen and oxygen atoms in total. The van der Waals surface area contributed by atoms with Gasteiger partial charge < -0.3 is 5.32 Å². The fourth-order valence-electron chi connectivity index (χ4n) is 2.22. The molecule has 0 atom stereocenters. The van der Waals surface area contributed by atoms with Crippen LogP contribution in [0.15, 0.2) is 32.3 Å². The molecule has 1 aliphatic rings. The molecule has 4 N–H and O–H groups in total. The molecule has 2 aromatic rings. The molecule has 0 spiro atoms. The highest BCUT2D eigenvalue weighted by Gasteiger charge is 2.23. The molecular weight excluding hydrogens is 459 g/mol. The largest absolute Gasteiger partial charge is 0.364 e. The smallest absolute Gasteiger partial charge is 0.213 e. The van der Waals surface area contributed by atoms with Gasteiger partial charge in [-0.2, -0.15) is 0 Å². The third-order valence-electron chi connectivity index (χ3n) is 3.91. The zero-order chi connectivity index (χ0) is 20.1. The molecule has 0 bridgehead atoms. The highest BCUT2D eigenvalue weighted by molar-refractivity contribution is 9.10. The van der Waals surface area contributed by atoms with Gasteiger partial charge in [-0.05, 0) is 63.2 Å². The van der Waals surface area contributed by atoms with Crippen LogP contribution in [-0.2, 0) is 10.0 Å². The topological polar surface area (TPSA) is 142 Å². The van der Waals surface area contributed by atoms with E-state index in [1.807, 2.05) is 5.48 Å². The SMILES string of the molecule is O=S(=O)(CCNc1nonc1C(=Nc1ccc(F)c(Br)c1)NO)NCC1CC1. The molecule has 0 amide bonds. The molecule has 28 heavy (non-hydrogen) atoms. The van der Waals surface area contributed by atoms with Gasteiger partial charge in [0.05, 0.1) is 15.9 Å². The standard InChI is InChI=1S/C15H18BrFN6O4S/c16-11-7-10(3-4-12(11)17)20-15(21-24)13-14(23-27-22-13)18-5-6-28(25,26)19-8-9-1-2-9/h3-4,7,9,19,24H,1-2,5-6,8H2,(H,18,23)(H,20,21). The van der Waals surface area contributed by atoms with E-state index in [1.54, 1.807) is 0 Å². The van der Waals surface area contributed by atoms with Gasteiger partial charge in [-0.15, -0.1) is 0 Å². The number of rotatable bonds is 9. The van der Waals surface area contributed by atoms with E-state index < -0.39 is 15.8 Å². The van der Waals surface area contributed by atoms with Crippen molar-refractivity contribution in [2.24, 2.45) is 10.9 Å². The van der Waals surface area contributed by atoms with E-state index in [-0.39, 0.29) is 34.1 Å². The lowest BCUT2D eigenvalue weighted by Gasteiger charge is -2.08. The summed E-state index contributed by atoms with van der Waals surface area (Å²) in [7, 11) is -3.41. The van der Waals surface area contributed by atoms with Gasteiger partial charge in [0.15, 0.2) is 11.5 Å². The molecule has 0 unspecified atom stereocenters. The molecule has 0 radical (unpaired) electrons. The van der Waals surface area contributed by atoms with Gasteiger partial charge in [-0.25, -0.2) is 27.2 Å². The average molecular weight is 477 g/mol. The monoisotopic (exact) mass is 476 g/mol. The summed E-state index contributed by atoms with van der Waals surface area (Å²) >= 11 is 3.05. The summed E-state index contributed by atoms with van der Waals surface area (Å²) in [5, 5.41) is 19.5. The molecule has 0 aliphatic heterocycles. The number of hydrogen-bond acceptors (Lipinski definition) is 8. The van der Waals surface area contributed by atoms with Crippen molar-refractivity contribution in [2.75, 3.05) is 24.2 Å². The van der Waals surface area contributed by atoms with E-state index in [2.05, 4.69) is 45.9 Å². The second-order valence-corrected chi connectivity index (χ2v) is 8.95.